The number of allylic oxidation sites excluding steroid dienone is 2. The van der Waals surface area contributed by atoms with Gasteiger partial charge in [-0.1, -0.05) is 24.9 Å². The minimum atomic E-state index is -0.907. The molecule has 1 rings (SSSR count). The van der Waals surface area contributed by atoms with Crippen molar-refractivity contribution in [2.75, 3.05) is 7.11 Å². The molecule has 0 amide bonds. The van der Waals surface area contributed by atoms with Crippen LogP contribution in [-0.4, -0.2) is 19.0 Å². The monoisotopic (exact) mass is 296 g/mol. The van der Waals surface area contributed by atoms with Crippen LogP contribution in [0.25, 0.3) is 0 Å². The molecule has 1 aromatic carbocycles. The molecule has 0 bridgehead atoms. The second-order valence-corrected chi connectivity index (χ2v) is 4.54. The van der Waals surface area contributed by atoms with E-state index < -0.39 is 6.16 Å². The van der Waals surface area contributed by atoms with E-state index in [1.807, 2.05) is 6.92 Å². The number of benzene rings is 1. The molecule has 0 aromatic heterocycles. The number of ketones is 1. The normalized spacial score (nSPS) is 11.1. The highest BCUT2D eigenvalue weighted by molar-refractivity contribution is 6.30. The summed E-state index contributed by atoms with van der Waals surface area (Å²) in [6.07, 6.45) is 3.24. The van der Waals surface area contributed by atoms with Gasteiger partial charge < -0.3 is 9.47 Å². The van der Waals surface area contributed by atoms with Gasteiger partial charge in [-0.2, -0.15) is 0 Å². The average molecular weight is 297 g/mol. The largest absolute Gasteiger partial charge is 0.513 e. The summed E-state index contributed by atoms with van der Waals surface area (Å²) in [5.41, 5.74) is 0.404. The van der Waals surface area contributed by atoms with E-state index in [0.717, 1.165) is 12.8 Å². The lowest BCUT2D eigenvalue weighted by Crippen LogP contribution is -2.12. The Morgan fingerprint density at radius 2 is 1.90 bits per heavy atom. The van der Waals surface area contributed by atoms with Crippen molar-refractivity contribution in [2.45, 2.75) is 26.2 Å². The van der Waals surface area contributed by atoms with Gasteiger partial charge in [0, 0.05) is 10.6 Å². The molecule has 0 saturated heterocycles. The van der Waals surface area contributed by atoms with E-state index in [1.165, 1.54) is 7.11 Å². The molecular weight excluding hydrogens is 280 g/mol. The molecule has 0 unspecified atom stereocenters. The molecule has 4 nitrogen and oxygen atoms in total. The first kappa shape index (κ1) is 16.2. The summed E-state index contributed by atoms with van der Waals surface area (Å²) in [4.78, 5) is 23.4. The number of unbranched alkanes of at least 4 members (excludes halogenated alkanes) is 2. The summed E-state index contributed by atoms with van der Waals surface area (Å²) < 4.78 is 9.33. The highest BCUT2D eigenvalue weighted by Gasteiger charge is 2.17. The van der Waals surface area contributed by atoms with Gasteiger partial charge in [-0.15, -0.1) is 0 Å². The molecule has 0 spiro atoms. The summed E-state index contributed by atoms with van der Waals surface area (Å²) in [7, 11) is 1.19. The molecule has 108 valence electrons. The fraction of sp³-hybridized carbons (Fsp3) is 0.333. The predicted octanol–water partition coefficient (Wildman–Crippen LogP) is 4.38. The minimum absolute atomic E-state index is 0.0207. The molecule has 0 radical (unpaired) electrons. The van der Waals surface area contributed by atoms with E-state index >= 15 is 0 Å². The molecule has 0 N–H and O–H groups in total. The van der Waals surface area contributed by atoms with Crippen LogP contribution in [0.1, 0.15) is 36.5 Å². The van der Waals surface area contributed by atoms with Crippen LogP contribution in [-0.2, 0) is 9.47 Å². The van der Waals surface area contributed by atoms with Crippen LogP contribution >= 0.6 is 11.6 Å². The van der Waals surface area contributed by atoms with Crippen LogP contribution < -0.4 is 0 Å². The number of methoxy groups -OCH3 is 1. The fourth-order valence-electron chi connectivity index (χ4n) is 1.49. The number of rotatable bonds is 6. The second kappa shape index (κ2) is 8.38. The Morgan fingerprint density at radius 1 is 1.25 bits per heavy atom. The van der Waals surface area contributed by atoms with Crippen molar-refractivity contribution < 1.29 is 19.1 Å². The summed E-state index contributed by atoms with van der Waals surface area (Å²) >= 11 is 5.77. The van der Waals surface area contributed by atoms with Crippen molar-refractivity contribution in [3.63, 3.8) is 0 Å². The van der Waals surface area contributed by atoms with E-state index in [9.17, 15) is 9.59 Å². The number of halogens is 1. The molecule has 0 aliphatic heterocycles. The summed E-state index contributed by atoms with van der Waals surface area (Å²) in [6, 6.07) is 6.38. The molecule has 5 heteroatoms. The van der Waals surface area contributed by atoms with Gasteiger partial charge in [0.25, 0.3) is 0 Å². The molecule has 1 aromatic rings. The molecule has 0 aliphatic carbocycles. The summed E-state index contributed by atoms with van der Waals surface area (Å²) in [6.45, 7) is 2.04. The maximum absolute atomic E-state index is 12.3. The SMILES string of the molecule is CCCC/C=C(/OC(=O)OC)C(=O)c1ccc(Cl)cc1. The third-order valence-electron chi connectivity index (χ3n) is 2.58. The smallest absolute Gasteiger partial charge is 0.437 e. The standard InChI is InChI=1S/C15H17ClO4/c1-3-4-5-6-13(20-15(18)19-2)14(17)11-7-9-12(16)10-8-11/h6-10H,3-5H2,1-2H3/b13-6+. The predicted molar refractivity (Wildman–Crippen MR) is 76.9 cm³/mol. The van der Waals surface area contributed by atoms with E-state index in [-0.39, 0.29) is 11.5 Å². The second-order valence-electron chi connectivity index (χ2n) is 4.10. The van der Waals surface area contributed by atoms with Gasteiger partial charge in [0.15, 0.2) is 5.76 Å². The molecule has 0 atom stereocenters. The number of hydrogen-bond donors (Lipinski definition) is 0. The van der Waals surface area contributed by atoms with E-state index in [4.69, 9.17) is 16.3 Å². The quantitative estimate of drug-likeness (QED) is 0.257. The number of ether oxygens (including phenoxy) is 2. The molecular formula is C15H17ClO4. The third kappa shape index (κ3) is 5.05. The van der Waals surface area contributed by atoms with Gasteiger partial charge in [-0.25, -0.2) is 4.79 Å². The van der Waals surface area contributed by atoms with Crippen LogP contribution in [0.15, 0.2) is 36.1 Å². The molecule has 20 heavy (non-hydrogen) atoms. The van der Waals surface area contributed by atoms with Crippen molar-refractivity contribution in [1.29, 1.82) is 0 Å². The van der Waals surface area contributed by atoms with Crippen molar-refractivity contribution in [3.05, 3.63) is 46.7 Å². The first-order valence-corrected chi connectivity index (χ1v) is 6.72. The lowest BCUT2D eigenvalue weighted by molar-refractivity contribution is 0.0791. The van der Waals surface area contributed by atoms with Crippen molar-refractivity contribution >= 4 is 23.5 Å². The molecule has 0 aliphatic rings. The van der Waals surface area contributed by atoms with Gasteiger partial charge in [0.2, 0.25) is 5.78 Å². The minimum Gasteiger partial charge on any atom is -0.437 e. The summed E-state index contributed by atoms with van der Waals surface area (Å²) in [5, 5.41) is 0.534. The molecule has 0 heterocycles. The van der Waals surface area contributed by atoms with E-state index in [1.54, 1.807) is 30.3 Å². The lowest BCUT2D eigenvalue weighted by atomic mass is 10.1. The Morgan fingerprint density at radius 3 is 2.45 bits per heavy atom. The highest BCUT2D eigenvalue weighted by Crippen LogP contribution is 2.15. The highest BCUT2D eigenvalue weighted by atomic mass is 35.5. The third-order valence-corrected chi connectivity index (χ3v) is 2.83. The number of carbonyl (C=O) groups excluding carboxylic acids is 2. The zero-order chi connectivity index (χ0) is 15.0. The number of Topliss-reactive ketones (excluding diaryl/α,β-unsaturated/α-hetero) is 1. The van der Waals surface area contributed by atoms with Gasteiger partial charge in [0.05, 0.1) is 7.11 Å². The number of carbonyl (C=O) groups is 2. The van der Waals surface area contributed by atoms with Crippen molar-refractivity contribution in [2.24, 2.45) is 0 Å². The topological polar surface area (TPSA) is 52.6 Å². The lowest BCUT2D eigenvalue weighted by Gasteiger charge is -2.07. The Labute approximate surface area is 123 Å². The Bertz CT molecular complexity index is 491. The Kier molecular flexibility index (Phi) is 6.81. The van der Waals surface area contributed by atoms with Gasteiger partial charge in [-0.3, -0.25) is 4.79 Å². The van der Waals surface area contributed by atoms with Gasteiger partial charge in [-0.05, 0) is 43.2 Å². The van der Waals surface area contributed by atoms with Crippen LogP contribution in [0.4, 0.5) is 4.79 Å². The van der Waals surface area contributed by atoms with Crippen LogP contribution in [0.5, 0.6) is 0 Å². The van der Waals surface area contributed by atoms with Crippen LogP contribution in [0.3, 0.4) is 0 Å². The maximum atomic E-state index is 12.3. The fourth-order valence-corrected chi connectivity index (χ4v) is 1.62. The van der Waals surface area contributed by atoms with E-state index in [0.29, 0.717) is 17.0 Å². The zero-order valence-corrected chi connectivity index (χ0v) is 12.3. The Balaban J connectivity index is 2.90. The van der Waals surface area contributed by atoms with Crippen LogP contribution in [0.2, 0.25) is 5.02 Å². The van der Waals surface area contributed by atoms with Gasteiger partial charge >= 0.3 is 6.16 Å². The molecule has 0 saturated carbocycles. The zero-order valence-electron chi connectivity index (χ0n) is 11.5. The van der Waals surface area contributed by atoms with Crippen LogP contribution in [0, 0.1) is 0 Å². The average Bonchev–Trinajstić information content (AvgIpc) is 2.46. The summed E-state index contributed by atoms with van der Waals surface area (Å²) in [5.74, 6) is -0.393. The van der Waals surface area contributed by atoms with Crippen molar-refractivity contribution in [1.82, 2.24) is 0 Å². The van der Waals surface area contributed by atoms with Crippen molar-refractivity contribution in [3.8, 4) is 0 Å². The first-order chi connectivity index (χ1) is 9.58. The number of hydrogen-bond acceptors (Lipinski definition) is 4. The van der Waals surface area contributed by atoms with Gasteiger partial charge in [0.1, 0.15) is 0 Å². The maximum Gasteiger partial charge on any atom is 0.513 e. The Hall–Kier alpha value is -1.81. The first-order valence-electron chi connectivity index (χ1n) is 6.34. The molecule has 0 fully saturated rings. The van der Waals surface area contributed by atoms with E-state index in [2.05, 4.69) is 4.74 Å².